The van der Waals surface area contributed by atoms with Crippen molar-refractivity contribution in [1.82, 2.24) is 0 Å². The van der Waals surface area contributed by atoms with Crippen molar-refractivity contribution in [3.8, 4) is 5.75 Å². The van der Waals surface area contributed by atoms with Crippen molar-refractivity contribution in [1.29, 1.82) is 0 Å². The molecule has 0 fully saturated rings. The van der Waals surface area contributed by atoms with E-state index in [1.165, 1.54) is 13.2 Å². The number of ether oxygens (including phenoxy) is 1. The molecule has 0 aliphatic rings. The smallest absolute Gasteiger partial charge is 0.133 e. The van der Waals surface area contributed by atoms with Crippen LogP contribution in [0.25, 0.3) is 0 Å². The van der Waals surface area contributed by atoms with Crippen molar-refractivity contribution in [3.05, 3.63) is 65.5 Å². The molecular weight excluding hydrogens is 231 g/mol. The zero-order valence-corrected chi connectivity index (χ0v) is 10.4. The summed E-state index contributed by atoms with van der Waals surface area (Å²) in [4.78, 5) is 0. The van der Waals surface area contributed by atoms with Gasteiger partial charge in [0.2, 0.25) is 0 Å². The molecule has 0 spiro atoms. The fraction of sp³-hybridized carbons (Fsp3) is 0.200. The molecular formula is C15H15FO2. The SMILES string of the molecule is COc1cccc(F)c1C(C)(O)c1ccccc1. The highest BCUT2D eigenvalue weighted by atomic mass is 19.1. The molecule has 0 heterocycles. The summed E-state index contributed by atoms with van der Waals surface area (Å²) in [5.41, 5.74) is -0.662. The molecule has 2 rings (SSSR count). The third-order valence-corrected chi connectivity index (χ3v) is 3.02. The van der Waals surface area contributed by atoms with Crippen LogP contribution in [0.5, 0.6) is 5.75 Å². The Labute approximate surface area is 106 Å². The van der Waals surface area contributed by atoms with Crippen LogP contribution in [0.1, 0.15) is 18.1 Å². The van der Waals surface area contributed by atoms with E-state index in [2.05, 4.69) is 0 Å². The Kier molecular flexibility index (Phi) is 3.34. The molecule has 0 bridgehead atoms. The molecule has 1 atom stereocenters. The molecule has 2 nitrogen and oxygen atoms in total. The lowest BCUT2D eigenvalue weighted by Gasteiger charge is -2.26. The molecule has 18 heavy (non-hydrogen) atoms. The second kappa shape index (κ2) is 4.78. The fourth-order valence-electron chi connectivity index (χ4n) is 2.05. The molecule has 2 aromatic carbocycles. The predicted octanol–water partition coefficient (Wildman–Crippen LogP) is 3.09. The van der Waals surface area contributed by atoms with Crippen LogP contribution in [0.4, 0.5) is 4.39 Å². The van der Waals surface area contributed by atoms with E-state index in [9.17, 15) is 9.50 Å². The Morgan fingerprint density at radius 3 is 2.33 bits per heavy atom. The average Bonchev–Trinajstić information content (AvgIpc) is 2.39. The van der Waals surface area contributed by atoms with Crippen LogP contribution < -0.4 is 4.74 Å². The van der Waals surface area contributed by atoms with Crippen molar-refractivity contribution in [2.45, 2.75) is 12.5 Å². The van der Waals surface area contributed by atoms with Crippen LogP contribution in [0.3, 0.4) is 0 Å². The minimum Gasteiger partial charge on any atom is -0.496 e. The van der Waals surface area contributed by atoms with Gasteiger partial charge in [0.05, 0.1) is 12.7 Å². The Balaban J connectivity index is 2.61. The summed E-state index contributed by atoms with van der Waals surface area (Å²) in [5, 5.41) is 10.6. The topological polar surface area (TPSA) is 29.5 Å². The number of hydrogen-bond donors (Lipinski definition) is 1. The molecule has 0 aromatic heterocycles. The maximum atomic E-state index is 14.0. The second-order valence-electron chi connectivity index (χ2n) is 4.26. The lowest BCUT2D eigenvalue weighted by atomic mass is 9.87. The molecule has 3 heteroatoms. The molecule has 0 aliphatic heterocycles. The van der Waals surface area contributed by atoms with Crippen molar-refractivity contribution in [3.63, 3.8) is 0 Å². The molecule has 1 N–H and O–H groups in total. The first-order valence-corrected chi connectivity index (χ1v) is 5.68. The molecule has 0 saturated carbocycles. The van der Waals surface area contributed by atoms with Gasteiger partial charge in [-0.2, -0.15) is 0 Å². The van der Waals surface area contributed by atoms with E-state index in [1.54, 1.807) is 43.3 Å². The number of rotatable bonds is 3. The van der Waals surface area contributed by atoms with Crippen LogP contribution in [-0.4, -0.2) is 12.2 Å². The van der Waals surface area contributed by atoms with E-state index in [0.717, 1.165) is 0 Å². The van der Waals surface area contributed by atoms with E-state index >= 15 is 0 Å². The van der Waals surface area contributed by atoms with Gasteiger partial charge in [0.15, 0.2) is 0 Å². The summed E-state index contributed by atoms with van der Waals surface area (Å²) in [7, 11) is 1.46. The first-order valence-electron chi connectivity index (χ1n) is 5.68. The van der Waals surface area contributed by atoms with Gasteiger partial charge in [-0.25, -0.2) is 4.39 Å². The van der Waals surface area contributed by atoms with Gasteiger partial charge in [0.1, 0.15) is 17.2 Å². The molecule has 2 aromatic rings. The van der Waals surface area contributed by atoms with E-state index in [1.807, 2.05) is 6.07 Å². The Morgan fingerprint density at radius 2 is 1.72 bits per heavy atom. The van der Waals surface area contributed by atoms with Gasteiger partial charge in [0, 0.05) is 0 Å². The van der Waals surface area contributed by atoms with E-state index in [0.29, 0.717) is 11.3 Å². The van der Waals surface area contributed by atoms with E-state index in [4.69, 9.17) is 4.74 Å². The summed E-state index contributed by atoms with van der Waals surface area (Å²) >= 11 is 0. The third-order valence-electron chi connectivity index (χ3n) is 3.02. The first-order chi connectivity index (χ1) is 8.57. The molecule has 1 unspecified atom stereocenters. The van der Waals surface area contributed by atoms with E-state index in [-0.39, 0.29) is 5.56 Å². The maximum Gasteiger partial charge on any atom is 0.133 e. The van der Waals surface area contributed by atoms with Gasteiger partial charge < -0.3 is 9.84 Å². The quantitative estimate of drug-likeness (QED) is 0.901. The Morgan fingerprint density at radius 1 is 1.06 bits per heavy atom. The van der Waals surface area contributed by atoms with Gasteiger partial charge in [-0.15, -0.1) is 0 Å². The molecule has 0 saturated heterocycles. The summed E-state index contributed by atoms with van der Waals surface area (Å²) in [6.45, 7) is 1.56. The van der Waals surface area contributed by atoms with Crippen LogP contribution in [0, 0.1) is 5.82 Å². The predicted molar refractivity (Wildman–Crippen MR) is 68.1 cm³/mol. The minimum absolute atomic E-state index is 0.152. The summed E-state index contributed by atoms with van der Waals surface area (Å²) in [6, 6.07) is 13.5. The third kappa shape index (κ3) is 2.09. The summed E-state index contributed by atoms with van der Waals surface area (Å²) < 4.78 is 19.1. The normalized spacial score (nSPS) is 14.0. The average molecular weight is 246 g/mol. The molecule has 0 amide bonds. The van der Waals surface area contributed by atoms with Gasteiger partial charge in [0.25, 0.3) is 0 Å². The molecule has 94 valence electrons. The highest BCUT2D eigenvalue weighted by molar-refractivity contribution is 5.44. The highest BCUT2D eigenvalue weighted by Crippen LogP contribution is 2.36. The van der Waals surface area contributed by atoms with Crippen LogP contribution in [0.2, 0.25) is 0 Å². The van der Waals surface area contributed by atoms with Crippen LogP contribution in [-0.2, 0) is 5.60 Å². The number of methoxy groups -OCH3 is 1. The zero-order chi connectivity index (χ0) is 13.2. The van der Waals surface area contributed by atoms with Crippen LogP contribution >= 0.6 is 0 Å². The number of hydrogen-bond acceptors (Lipinski definition) is 2. The fourth-order valence-corrected chi connectivity index (χ4v) is 2.05. The number of aliphatic hydroxyl groups is 1. The number of halogens is 1. The van der Waals surface area contributed by atoms with Crippen molar-refractivity contribution < 1.29 is 14.2 Å². The van der Waals surface area contributed by atoms with Gasteiger partial charge in [-0.3, -0.25) is 0 Å². The minimum atomic E-state index is -1.43. The van der Waals surface area contributed by atoms with Crippen LogP contribution in [0.15, 0.2) is 48.5 Å². The largest absolute Gasteiger partial charge is 0.496 e. The first kappa shape index (κ1) is 12.6. The molecule has 0 radical (unpaired) electrons. The van der Waals surface area contributed by atoms with Crippen molar-refractivity contribution in [2.24, 2.45) is 0 Å². The Hall–Kier alpha value is -1.87. The monoisotopic (exact) mass is 246 g/mol. The number of benzene rings is 2. The van der Waals surface area contributed by atoms with Gasteiger partial charge in [-0.1, -0.05) is 36.4 Å². The zero-order valence-electron chi connectivity index (χ0n) is 10.4. The lowest BCUT2D eigenvalue weighted by Crippen LogP contribution is -2.25. The maximum absolute atomic E-state index is 14.0. The summed E-state index contributed by atoms with van der Waals surface area (Å²) in [5.74, 6) is -0.146. The van der Waals surface area contributed by atoms with E-state index < -0.39 is 11.4 Å². The highest BCUT2D eigenvalue weighted by Gasteiger charge is 2.31. The van der Waals surface area contributed by atoms with Crippen molar-refractivity contribution >= 4 is 0 Å². The standard InChI is InChI=1S/C15H15FO2/c1-15(17,11-7-4-3-5-8-11)14-12(16)9-6-10-13(14)18-2/h3-10,17H,1-2H3. The van der Waals surface area contributed by atoms with Gasteiger partial charge >= 0.3 is 0 Å². The Bertz CT molecular complexity index is 535. The second-order valence-corrected chi connectivity index (χ2v) is 4.26. The lowest BCUT2D eigenvalue weighted by molar-refractivity contribution is 0.0945. The van der Waals surface area contributed by atoms with Crippen molar-refractivity contribution in [2.75, 3.05) is 7.11 Å². The summed E-state index contributed by atoms with van der Waals surface area (Å²) in [6.07, 6.45) is 0. The molecule has 0 aliphatic carbocycles. The van der Waals surface area contributed by atoms with Gasteiger partial charge in [-0.05, 0) is 24.6 Å².